The SMILES string of the molecule is NCC12CC3(CNC(=O)c4c([O-])c(=O)ccn4CC(O)CO)CC(CNC(=O)c4c([O-])c(=O)ccn4CC(O)CO)(C1)CC(CNC(=O)c1c([O-])c(=O)ccn1CC(O)CO)(C2)C3.[Gd+3]. The topological polar surface area (TPSA) is 370 Å². The molecule has 3 aromatic rings. The molecule has 4 saturated carbocycles. The van der Waals surface area contributed by atoms with Crippen LogP contribution in [0.1, 0.15) is 70.0 Å². The molecule has 0 spiro atoms. The molecule has 349 valence electrons. The first-order chi connectivity index (χ1) is 29.8. The molecule has 0 saturated heterocycles. The van der Waals surface area contributed by atoms with Gasteiger partial charge in [0.2, 0.25) is 0 Å². The number of hydrogen-bond donors (Lipinski definition) is 10. The Hall–Kier alpha value is -4.30. The maximum Gasteiger partial charge on any atom is 3.00 e. The van der Waals surface area contributed by atoms with Gasteiger partial charge in [-0.25, -0.2) is 0 Å². The number of nitrogens with one attached hydrogen (secondary N) is 3. The van der Waals surface area contributed by atoms with Crippen LogP contribution < -0.4 is 53.3 Å². The number of hydrogen-bond acceptors (Lipinski definition) is 16. The number of aliphatic hydroxyl groups excluding tert-OH is 6. The second-order valence-electron chi connectivity index (χ2n) is 17.9. The first-order valence-corrected chi connectivity index (χ1v) is 20.4. The summed E-state index contributed by atoms with van der Waals surface area (Å²) < 4.78 is 3.19. The minimum atomic E-state index is -1.37. The zero-order valence-electron chi connectivity index (χ0n) is 34.6. The van der Waals surface area contributed by atoms with Gasteiger partial charge in [-0.3, -0.25) is 28.8 Å². The van der Waals surface area contributed by atoms with Gasteiger partial charge in [0, 0.05) is 56.4 Å². The van der Waals surface area contributed by atoms with Gasteiger partial charge in [0.25, 0.3) is 17.7 Å². The van der Waals surface area contributed by atoms with Crippen molar-refractivity contribution in [2.24, 2.45) is 27.4 Å². The van der Waals surface area contributed by atoms with Crippen LogP contribution in [0.5, 0.6) is 17.2 Å². The van der Waals surface area contributed by atoms with E-state index < -0.39 is 128 Å². The van der Waals surface area contributed by atoms with Crippen LogP contribution in [0.25, 0.3) is 0 Å². The Balaban J connectivity index is 0.00000771. The van der Waals surface area contributed by atoms with Gasteiger partial charge < -0.3 is 81.3 Å². The number of nitrogens with two attached hydrogens (primary N) is 1. The average Bonchev–Trinajstić information content (AvgIpc) is 3.24. The van der Waals surface area contributed by atoms with Crippen LogP contribution in [0.15, 0.2) is 51.2 Å². The van der Waals surface area contributed by atoms with Crippen molar-refractivity contribution in [3.63, 3.8) is 0 Å². The van der Waals surface area contributed by atoms with Gasteiger partial charge in [0.05, 0.1) is 57.8 Å². The molecule has 0 aliphatic heterocycles. The maximum atomic E-state index is 13.9. The van der Waals surface area contributed by atoms with Gasteiger partial charge in [-0.2, -0.15) is 0 Å². The van der Waals surface area contributed by atoms with E-state index in [1.807, 2.05) is 0 Å². The van der Waals surface area contributed by atoms with Crippen molar-refractivity contribution in [2.45, 2.75) is 76.5 Å². The Kier molecular flexibility index (Phi) is 15.9. The molecule has 22 nitrogen and oxygen atoms in total. The van der Waals surface area contributed by atoms with Crippen molar-refractivity contribution >= 4 is 17.7 Å². The minimum absolute atomic E-state index is 0. The molecule has 3 aromatic heterocycles. The van der Waals surface area contributed by atoms with Crippen LogP contribution in [-0.2, 0) is 19.6 Å². The van der Waals surface area contributed by atoms with Gasteiger partial charge in [0.1, 0.15) is 17.1 Å². The standard InChI is InChI=1S/C41H55N7O15.Gd/c42-19-38-13-39(20-43-35(61)29-32(58)26(55)1-4-46(29)7-23(52)10-49)16-40(14-38,21-44-36(62)30-33(59)27(56)2-5-47(30)8-24(53)11-50)18-41(15-38,17-39)22-45-37(63)31-34(60)28(57)3-6-48(31)9-25(54)12-51;/h1-6,23-25,49-54,58-60H,7-22,42H2,(H,43,61)(H,44,62)(H,45,63);/q;+3/p-3. The van der Waals surface area contributed by atoms with Crippen molar-refractivity contribution in [2.75, 3.05) is 46.0 Å². The predicted molar refractivity (Wildman–Crippen MR) is 213 cm³/mol. The zero-order valence-corrected chi connectivity index (χ0v) is 36.9. The molecule has 3 atom stereocenters. The summed E-state index contributed by atoms with van der Waals surface area (Å²) in [6, 6.07) is 2.80. The number of nitrogens with zero attached hydrogens (tertiary/aromatic N) is 3. The van der Waals surface area contributed by atoms with E-state index in [1.165, 1.54) is 0 Å². The van der Waals surface area contributed by atoms with E-state index in [0.29, 0.717) is 38.5 Å². The van der Waals surface area contributed by atoms with Crippen LogP contribution in [0.2, 0.25) is 0 Å². The molecule has 3 amide bonds. The van der Waals surface area contributed by atoms with E-state index in [4.69, 9.17) is 5.73 Å². The second-order valence-corrected chi connectivity index (χ2v) is 17.9. The van der Waals surface area contributed by atoms with E-state index in [-0.39, 0.29) is 85.8 Å². The summed E-state index contributed by atoms with van der Waals surface area (Å²) in [5.41, 5.74) is -1.47. The summed E-state index contributed by atoms with van der Waals surface area (Å²) in [6.07, 6.45) is 1.51. The fourth-order valence-corrected chi connectivity index (χ4v) is 11.0. The van der Waals surface area contributed by atoms with Crippen LogP contribution in [-0.4, -0.2) is 126 Å². The average molecular weight is 1040 g/mol. The molecule has 3 unspecified atom stereocenters. The third-order valence-corrected chi connectivity index (χ3v) is 12.7. The Bertz CT molecular complexity index is 2150. The minimum Gasteiger partial charge on any atom is -0.868 e. The fraction of sp³-hybridized carbons (Fsp3) is 0.561. The number of aromatic nitrogens is 3. The predicted octanol–water partition coefficient (Wildman–Crippen LogP) is -5.67. The molecule has 0 aromatic carbocycles. The summed E-state index contributed by atoms with van der Waals surface area (Å²) >= 11 is 0. The Morgan fingerprint density at radius 3 is 1.03 bits per heavy atom. The Labute approximate surface area is 397 Å². The number of amides is 3. The summed E-state index contributed by atoms with van der Waals surface area (Å²) in [4.78, 5) is 79.0. The summed E-state index contributed by atoms with van der Waals surface area (Å²) in [7, 11) is 0. The van der Waals surface area contributed by atoms with Gasteiger partial charge in [-0.05, 0) is 84.0 Å². The van der Waals surface area contributed by atoms with Crippen molar-refractivity contribution in [3.05, 3.63) is 84.5 Å². The van der Waals surface area contributed by atoms with E-state index in [0.717, 1.165) is 50.5 Å². The maximum absolute atomic E-state index is 13.9. The molecule has 4 aliphatic carbocycles. The third kappa shape index (κ3) is 10.4. The van der Waals surface area contributed by atoms with Gasteiger partial charge in [0.15, 0.2) is 16.3 Å². The van der Waals surface area contributed by atoms with Gasteiger partial charge in [-0.1, -0.05) is 0 Å². The number of carbonyl (C=O) groups excluding carboxylic acids is 3. The molecule has 1 radical (unpaired) electrons. The van der Waals surface area contributed by atoms with E-state index in [9.17, 15) is 74.7 Å². The molecule has 4 aliphatic rings. The first kappa shape index (κ1) is 50.7. The smallest absolute Gasteiger partial charge is 0.868 e. The van der Waals surface area contributed by atoms with Gasteiger partial charge >= 0.3 is 39.9 Å². The second kappa shape index (κ2) is 20.1. The number of rotatable bonds is 19. The van der Waals surface area contributed by atoms with E-state index in [1.54, 1.807) is 0 Å². The Morgan fingerprint density at radius 2 is 0.797 bits per heavy atom. The zero-order chi connectivity index (χ0) is 46.1. The molecule has 3 heterocycles. The number of carbonyl (C=O) groups is 3. The molecule has 4 bridgehead atoms. The summed E-state index contributed by atoms with van der Waals surface area (Å²) in [5, 5.41) is 106. The van der Waals surface area contributed by atoms with Crippen LogP contribution in [0.4, 0.5) is 0 Å². The monoisotopic (exact) mass is 1040 g/mol. The summed E-state index contributed by atoms with van der Waals surface area (Å²) in [5.74, 6) is -6.28. The quantitative estimate of drug-likeness (QED) is 0.0535. The first-order valence-electron chi connectivity index (χ1n) is 20.4. The van der Waals surface area contributed by atoms with E-state index >= 15 is 0 Å². The van der Waals surface area contributed by atoms with Crippen LogP contribution in [0.3, 0.4) is 0 Å². The fourth-order valence-electron chi connectivity index (χ4n) is 11.0. The van der Waals surface area contributed by atoms with Crippen molar-refractivity contribution in [1.29, 1.82) is 0 Å². The largest absolute Gasteiger partial charge is 3.00 e. The van der Waals surface area contributed by atoms with Crippen molar-refractivity contribution in [1.82, 2.24) is 29.7 Å². The Morgan fingerprint density at radius 1 is 0.547 bits per heavy atom. The molecule has 23 heteroatoms. The van der Waals surface area contributed by atoms with Gasteiger partial charge in [-0.15, -0.1) is 0 Å². The van der Waals surface area contributed by atoms with Crippen LogP contribution in [0, 0.1) is 61.6 Å². The molecular weight excluding hydrogens is 988 g/mol. The third-order valence-electron chi connectivity index (χ3n) is 12.7. The molecule has 11 N–H and O–H groups in total. The molecule has 4 fully saturated rings. The molecular formula is C41H52GdN7O15. The van der Waals surface area contributed by atoms with Crippen LogP contribution >= 0.6 is 0 Å². The number of pyridine rings is 3. The van der Waals surface area contributed by atoms with Crippen molar-refractivity contribution in [3.8, 4) is 17.2 Å². The summed E-state index contributed by atoms with van der Waals surface area (Å²) in [6.45, 7) is -3.52. The normalized spacial score (nSPS) is 24.6. The van der Waals surface area contributed by atoms with Crippen molar-refractivity contribution < 1.29 is 100 Å². The molecule has 64 heavy (non-hydrogen) atoms. The molecule has 7 rings (SSSR count). The number of aliphatic hydroxyl groups is 6. The van der Waals surface area contributed by atoms with E-state index in [2.05, 4.69) is 16.0 Å².